The standard InChI is InChI=1S/C17H26N4O3S.HI/c1-18-17(20-12-15-3-2-10-24-15)19-11-13-4-8-16(9-5-13)25(22,23)21-14-6-7-14;/h4-5,8-9,14-15,21H,2-3,6-7,10-12H2,1H3,(H2,18,19,20);1H. The van der Waals surface area contributed by atoms with Crippen LogP contribution in [0.3, 0.4) is 0 Å². The van der Waals surface area contributed by atoms with Crippen LogP contribution < -0.4 is 15.4 Å². The molecule has 3 rings (SSSR count). The molecule has 0 amide bonds. The number of hydrogen-bond donors (Lipinski definition) is 3. The first-order chi connectivity index (χ1) is 12.1. The molecular formula is C17H27IN4O3S. The summed E-state index contributed by atoms with van der Waals surface area (Å²) in [6.07, 6.45) is 4.30. The van der Waals surface area contributed by atoms with E-state index in [2.05, 4.69) is 20.3 Å². The van der Waals surface area contributed by atoms with Gasteiger partial charge >= 0.3 is 0 Å². The molecule has 1 aromatic carbocycles. The van der Waals surface area contributed by atoms with Crippen molar-refractivity contribution in [1.29, 1.82) is 0 Å². The highest BCUT2D eigenvalue weighted by Gasteiger charge is 2.27. The Balaban J connectivity index is 0.00000243. The summed E-state index contributed by atoms with van der Waals surface area (Å²) in [5, 5.41) is 6.48. The van der Waals surface area contributed by atoms with Crippen LogP contribution in [-0.4, -0.2) is 46.7 Å². The summed E-state index contributed by atoms with van der Waals surface area (Å²) in [6.45, 7) is 2.15. The van der Waals surface area contributed by atoms with Crippen molar-refractivity contribution in [3.05, 3.63) is 29.8 Å². The Morgan fingerprint density at radius 3 is 2.50 bits per heavy atom. The third kappa shape index (κ3) is 6.36. The lowest BCUT2D eigenvalue weighted by Gasteiger charge is -2.15. The largest absolute Gasteiger partial charge is 0.376 e. The number of hydrogen-bond acceptors (Lipinski definition) is 4. The molecule has 2 aliphatic rings. The maximum absolute atomic E-state index is 12.1. The van der Waals surface area contributed by atoms with E-state index in [4.69, 9.17) is 4.74 Å². The van der Waals surface area contributed by atoms with Gasteiger partial charge in [0, 0.05) is 32.8 Å². The van der Waals surface area contributed by atoms with Gasteiger partial charge < -0.3 is 15.4 Å². The van der Waals surface area contributed by atoms with Gasteiger partial charge in [-0.3, -0.25) is 4.99 Å². The minimum atomic E-state index is -3.39. The second-order valence-corrected chi connectivity index (χ2v) is 8.20. The minimum absolute atomic E-state index is 0. The van der Waals surface area contributed by atoms with E-state index in [0.29, 0.717) is 17.4 Å². The highest BCUT2D eigenvalue weighted by Crippen LogP contribution is 2.22. The SMILES string of the molecule is CN=C(NCc1ccc(S(=O)(=O)NC2CC2)cc1)NCC1CCCO1.I. The van der Waals surface area contributed by atoms with E-state index >= 15 is 0 Å². The Morgan fingerprint density at radius 2 is 1.92 bits per heavy atom. The zero-order chi connectivity index (χ0) is 17.7. The molecule has 0 bridgehead atoms. The smallest absolute Gasteiger partial charge is 0.240 e. The van der Waals surface area contributed by atoms with Gasteiger partial charge in [0.1, 0.15) is 0 Å². The van der Waals surface area contributed by atoms with Gasteiger partial charge in [0.15, 0.2) is 5.96 Å². The average molecular weight is 494 g/mol. The summed E-state index contributed by atoms with van der Waals surface area (Å²) in [7, 11) is -1.66. The van der Waals surface area contributed by atoms with Crippen molar-refractivity contribution in [1.82, 2.24) is 15.4 Å². The van der Waals surface area contributed by atoms with Gasteiger partial charge in [0.2, 0.25) is 10.0 Å². The van der Waals surface area contributed by atoms with E-state index < -0.39 is 10.0 Å². The second kappa shape index (κ2) is 9.86. The Bertz CT molecular complexity index is 699. The van der Waals surface area contributed by atoms with Crippen molar-refractivity contribution in [2.75, 3.05) is 20.2 Å². The van der Waals surface area contributed by atoms with Crippen LogP contribution in [0.25, 0.3) is 0 Å². The molecule has 1 saturated heterocycles. The van der Waals surface area contributed by atoms with E-state index in [1.165, 1.54) is 0 Å². The molecule has 0 spiro atoms. The summed E-state index contributed by atoms with van der Waals surface area (Å²) in [4.78, 5) is 4.50. The third-order valence-electron chi connectivity index (χ3n) is 4.34. The molecule has 1 atom stereocenters. The molecule has 1 unspecified atom stereocenters. The monoisotopic (exact) mass is 494 g/mol. The van der Waals surface area contributed by atoms with Gasteiger partial charge in [0.05, 0.1) is 11.0 Å². The Labute approximate surface area is 172 Å². The van der Waals surface area contributed by atoms with Gasteiger partial charge in [-0.15, -0.1) is 24.0 Å². The molecule has 0 aromatic heterocycles. The van der Waals surface area contributed by atoms with Crippen LogP contribution in [0.2, 0.25) is 0 Å². The fraction of sp³-hybridized carbons (Fsp3) is 0.588. The lowest BCUT2D eigenvalue weighted by atomic mass is 10.2. The maximum atomic E-state index is 12.1. The molecule has 0 radical (unpaired) electrons. The van der Waals surface area contributed by atoms with Crippen molar-refractivity contribution in [3.8, 4) is 0 Å². The van der Waals surface area contributed by atoms with Crippen LogP contribution >= 0.6 is 24.0 Å². The molecule has 1 saturated carbocycles. The molecule has 146 valence electrons. The number of halogens is 1. The van der Waals surface area contributed by atoms with Crippen molar-refractivity contribution in [2.24, 2.45) is 4.99 Å². The number of nitrogens with zero attached hydrogens (tertiary/aromatic N) is 1. The number of sulfonamides is 1. The first-order valence-electron chi connectivity index (χ1n) is 8.74. The topological polar surface area (TPSA) is 91.8 Å². The van der Waals surface area contributed by atoms with Crippen LogP contribution in [-0.2, 0) is 21.3 Å². The summed E-state index contributed by atoms with van der Waals surface area (Å²) in [5.74, 6) is 0.711. The van der Waals surface area contributed by atoms with E-state index in [0.717, 1.165) is 44.4 Å². The first-order valence-corrected chi connectivity index (χ1v) is 10.2. The lowest BCUT2D eigenvalue weighted by molar-refractivity contribution is 0.114. The van der Waals surface area contributed by atoms with Crippen molar-refractivity contribution < 1.29 is 13.2 Å². The molecular weight excluding hydrogens is 467 g/mol. The van der Waals surface area contributed by atoms with Crippen LogP contribution in [0.5, 0.6) is 0 Å². The zero-order valence-corrected chi connectivity index (χ0v) is 18.0. The van der Waals surface area contributed by atoms with Gasteiger partial charge in [0.25, 0.3) is 0 Å². The van der Waals surface area contributed by atoms with E-state index in [-0.39, 0.29) is 36.1 Å². The van der Waals surface area contributed by atoms with E-state index in [1.807, 2.05) is 12.1 Å². The van der Waals surface area contributed by atoms with Gasteiger partial charge in [-0.2, -0.15) is 0 Å². The number of benzene rings is 1. The molecule has 7 nitrogen and oxygen atoms in total. The third-order valence-corrected chi connectivity index (χ3v) is 5.87. The predicted octanol–water partition coefficient (Wildman–Crippen LogP) is 1.59. The molecule has 26 heavy (non-hydrogen) atoms. The van der Waals surface area contributed by atoms with Crippen LogP contribution in [0.1, 0.15) is 31.2 Å². The van der Waals surface area contributed by atoms with Crippen LogP contribution in [0, 0.1) is 0 Å². The quantitative estimate of drug-likeness (QED) is 0.304. The minimum Gasteiger partial charge on any atom is -0.376 e. The first kappa shape index (κ1) is 21.4. The van der Waals surface area contributed by atoms with Gasteiger partial charge in [-0.1, -0.05) is 12.1 Å². The van der Waals surface area contributed by atoms with Gasteiger partial charge in [-0.05, 0) is 43.4 Å². The molecule has 1 heterocycles. The van der Waals surface area contributed by atoms with E-state index in [1.54, 1.807) is 19.2 Å². The summed E-state index contributed by atoms with van der Waals surface area (Å²) >= 11 is 0. The normalized spacial score (nSPS) is 20.5. The summed E-state index contributed by atoms with van der Waals surface area (Å²) in [5.41, 5.74) is 0.991. The number of nitrogens with one attached hydrogen (secondary N) is 3. The number of guanidine groups is 1. The molecule has 1 aliphatic heterocycles. The van der Waals surface area contributed by atoms with Crippen LogP contribution in [0.15, 0.2) is 34.2 Å². The molecule has 9 heteroatoms. The number of rotatable bonds is 7. The Hall–Kier alpha value is -0.910. The van der Waals surface area contributed by atoms with Crippen molar-refractivity contribution in [3.63, 3.8) is 0 Å². The second-order valence-electron chi connectivity index (χ2n) is 6.48. The summed E-state index contributed by atoms with van der Waals surface area (Å²) in [6, 6.07) is 7.04. The van der Waals surface area contributed by atoms with Gasteiger partial charge in [-0.25, -0.2) is 13.1 Å². The number of ether oxygens (including phenoxy) is 1. The fourth-order valence-corrected chi connectivity index (χ4v) is 4.00. The molecule has 1 aliphatic carbocycles. The van der Waals surface area contributed by atoms with E-state index in [9.17, 15) is 8.42 Å². The molecule has 1 aromatic rings. The lowest BCUT2D eigenvalue weighted by Crippen LogP contribution is -2.40. The number of aliphatic imine (C=N–C) groups is 1. The molecule has 3 N–H and O–H groups in total. The fourth-order valence-electron chi connectivity index (χ4n) is 2.70. The van der Waals surface area contributed by atoms with Crippen molar-refractivity contribution in [2.45, 2.75) is 49.3 Å². The highest BCUT2D eigenvalue weighted by atomic mass is 127. The average Bonchev–Trinajstić information content (AvgIpc) is 3.25. The Kier molecular flexibility index (Phi) is 8.11. The van der Waals surface area contributed by atoms with Crippen LogP contribution in [0.4, 0.5) is 0 Å². The zero-order valence-electron chi connectivity index (χ0n) is 14.9. The Morgan fingerprint density at radius 1 is 1.19 bits per heavy atom. The highest BCUT2D eigenvalue weighted by molar-refractivity contribution is 14.0. The predicted molar refractivity (Wildman–Crippen MR) is 112 cm³/mol. The summed E-state index contributed by atoms with van der Waals surface area (Å²) < 4.78 is 32.6. The van der Waals surface area contributed by atoms with Crippen molar-refractivity contribution >= 4 is 40.0 Å². The maximum Gasteiger partial charge on any atom is 0.240 e. The molecule has 2 fully saturated rings.